The zero-order valence-electron chi connectivity index (χ0n) is 18.2. The molecule has 2 aromatic carbocycles. The second-order valence-corrected chi connectivity index (χ2v) is 7.89. The second-order valence-electron chi connectivity index (χ2n) is 7.89. The highest BCUT2D eigenvalue weighted by molar-refractivity contribution is 5.99. The van der Waals surface area contributed by atoms with Crippen molar-refractivity contribution in [3.8, 4) is 0 Å². The number of rotatable bonds is 5. The highest BCUT2D eigenvalue weighted by Crippen LogP contribution is 2.37. The van der Waals surface area contributed by atoms with Gasteiger partial charge in [0, 0.05) is 42.9 Å². The first-order valence-corrected chi connectivity index (χ1v) is 10.2. The molecule has 0 saturated carbocycles. The van der Waals surface area contributed by atoms with E-state index in [1.165, 1.54) is 4.90 Å². The largest absolute Gasteiger partial charge is 0.361 e. The number of urea groups is 1. The van der Waals surface area contributed by atoms with E-state index >= 15 is 0 Å². The summed E-state index contributed by atoms with van der Waals surface area (Å²) in [5.74, 6) is -3.22. The Hall–Kier alpha value is -3.82. The molecule has 3 aromatic rings. The van der Waals surface area contributed by atoms with Crippen LogP contribution in [0.3, 0.4) is 0 Å². The number of anilines is 1. The number of benzene rings is 2. The Bertz CT molecular complexity index is 1220. The maximum Gasteiger partial charge on any atom is 0.325 e. The first kappa shape index (κ1) is 22.4. The molecule has 3 amide bonds. The van der Waals surface area contributed by atoms with Crippen molar-refractivity contribution in [3.63, 3.8) is 0 Å². The fourth-order valence-corrected chi connectivity index (χ4v) is 3.76. The van der Waals surface area contributed by atoms with Gasteiger partial charge in [0.15, 0.2) is 0 Å². The molecule has 2 heterocycles. The third-order valence-electron chi connectivity index (χ3n) is 5.68. The SMILES string of the molecule is Cc1cc(CN2C(=O)N(C)C(C)c3ccc(C(=O)NCc4c(F)cc(F)cc4F)cc32)no1. The third kappa shape index (κ3) is 4.28. The fraction of sp³-hybridized carbons (Fsp3) is 0.261. The molecule has 0 fully saturated rings. The molecule has 1 aromatic heterocycles. The number of aryl methyl sites for hydroxylation is 1. The Morgan fingerprint density at radius 3 is 2.48 bits per heavy atom. The Morgan fingerprint density at radius 2 is 1.85 bits per heavy atom. The molecule has 0 radical (unpaired) electrons. The van der Waals surface area contributed by atoms with Crippen molar-refractivity contribution >= 4 is 17.6 Å². The molecule has 0 aliphatic carbocycles. The van der Waals surface area contributed by atoms with Gasteiger partial charge in [0.25, 0.3) is 5.91 Å². The summed E-state index contributed by atoms with van der Waals surface area (Å²) >= 11 is 0. The van der Waals surface area contributed by atoms with E-state index in [0.717, 1.165) is 5.56 Å². The molecule has 172 valence electrons. The number of carbonyl (C=O) groups is 2. The van der Waals surface area contributed by atoms with Crippen LogP contribution in [0.1, 0.15) is 45.9 Å². The molecule has 1 aliphatic rings. The number of amides is 3. The molecule has 1 N–H and O–H groups in total. The van der Waals surface area contributed by atoms with Crippen molar-refractivity contribution in [2.45, 2.75) is 33.0 Å². The van der Waals surface area contributed by atoms with Crippen molar-refractivity contribution in [3.05, 3.63) is 82.0 Å². The molecule has 7 nitrogen and oxygen atoms in total. The molecule has 1 aliphatic heterocycles. The van der Waals surface area contributed by atoms with E-state index < -0.39 is 35.5 Å². The van der Waals surface area contributed by atoms with Crippen LogP contribution in [0, 0.1) is 24.4 Å². The van der Waals surface area contributed by atoms with Crippen LogP contribution in [-0.4, -0.2) is 29.0 Å². The first-order valence-electron chi connectivity index (χ1n) is 10.2. The molecule has 1 unspecified atom stereocenters. The van der Waals surface area contributed by atoms with Gasteiger partial charge in [0.2, 0.25) is 0 Å². The van der Waals surface area contributed by atoms with Gasteiger partial charge in [-0.2, -0.15) is 0 Å². The average Bonchev–Trinajstić information content (AvgIpc) is 3.18. The minimum Gasteiger partial charge on any atom is -0.361 e. The summed E-state index contributed by atoms with van der Waals surface area (Å²) in [6.45, 7) is 3.28. The number of nitrogens with one attached hydrogen (secondary N) is 1. The number of carbonyl (C=O) groups excluding carboxylic acids is 2. The summed E-state index contributed by atoms with van der Waals surface area (Å²) < 4.78 is 46.0. The quantitative estimate of drug-likeness (QED) is 0.612. The topological polar surface area (TPSA) is 78.7 Å². The molecule has 0 saturated heterocycles. The standard InChI is InChI=1S/C23H21F3N4O3/c1-12-6-16(28-33-12)11-30-21-7-14(4-5-17(21)13(2)29(3)23(30)32)22(31)27-10-18-19(25)8-15(24)9-20(18)26/h4-9,13H,10-11H2,1-3H3,(H,27,31). The molecule has 0 bridgehead atoms. The van der Waals surface area contributed by atoms with Crippen LogP contribution in [0.25, 0.3) is 0 Å². The minimum absolute atomic E-state index is 0.136. The summed E-state index contributed by atoms with van der Waals surface area (Å²) in [4.78, 5) is 28.8. The van der Waals surface area contributed by atoms with E-state index in [1.807, 2.05) is 6.92 Å². The van der Waals surface area contributed by atoms with E-state index in [4.69, 9.17) is 4.52 Å². The summed E-state index contributed by atoms with van der Waals surface area (Å²) in [5.41, 5.74) is 1.65. The number of nitrogens with zero attached hydrogens (tertiary/aromatic N) is 3. The van der Waals surface area contributed by atoms with Crippen LogP contribution in [0.5, 0.6) is 0 Å². The van der Waals surface area contributed by atoms with Gasteiger partial charge in [0.05, 0.1) is 18.3 Å². The molecule has 33 heavy (non-hydrogen) atoms. The van der Waals surface area contributed by atoms with Gasteiger partial charge in [-0.05, 0) is 31.5 Å². The minimum atomic E-state index is -1.09. The Kier molecular flexibility index (Phi) is 5.84. The van der Waals surface area contributed by atoms with Gasteiger partial charge in [-0.15, -0.1) is 0 Å². The smallest absolute Gasteiger partial charge is 0.325 e. The van der Waals surface area contributed by atoms with Gasteiger partial charge in [-0.3, -0.25) is 9.69 Å². The maximum absolute atomic E-state index is 13.9. The number of aromatic nitrogens is 1. The van der Waals surface area contributed by atoms with Crippen LogP contribution in [0.4, 0.5) is 23.7 Å². The summed E-state index contributed by atoms with van der Waals surface area (Å²) in [6.07, 6.45) is 0. The highest BCUT2D eigenvalue weighted by Gasteiger charge is 2.34. The lowest BCUT2D eigenvalue weighted by Crippen LogP contribution is -2.46. The number of hydrogen-bond donors (Lipinski definition) is 1. The van der Waals surface area contributed by atoms with Gasteiger partial charge in [-0.25, -0.2) is 18.0 Å². The van der Waals surface area contributed by atoms with E-state index in [-0.39, 0.29) is 24.2 Å². The van der Waals surface area contributed by atoms with Crippen molar-refractivity contribution in [2.24, 2.45) is 0 Å². The lowest BCUT2D eigenvalue weighted by Gasteiger charge is -2.39. The second kappa shape index (κ2) is 8.61. The molecular weight excluding hydrogens is 437 g/mol. The van der Waals surface area contributed by atoms with Crippen LogP contribution < -0.4 is 10.2 Å². The fourth-order valence-electron chi connectivity index (χ4n) is 3.76. The molecule has 1 atom stereocenters. The normalized spacial score (nSPS) is 15.6. The van der Waals surface area contributed by atoms with E-state index in [1.54, 1.807) is 43.1 Å². The first-order chi connectivity index (χ1) is 15.7. The average molecular weight is 458 g/mol. The Balaban J connectivity index is 1.61. The van der Waals surface area contributed by atoms with E-state index in [0.29, 0.717) is 29.3 Å². The number of hydrogen-bond acceptors (Lipinski definition) is 4. The van der Waals surface area contributed by atoms with Gasteiger partial charge in [0.1, 0.15) is 28.9 Å². The van der Waals surface area contributed by atoms with Crippen LogP contribution >= 0.6 is 0 Å². The number of halogens is 3. The van der Waals surface area contributed by atoms with Crippen molar-refractivity contribution in [2.75, 3.05) is 11.9 Å². The maximum atomic E-state index is 13.9. The number of fused-ring (bicyclic) bond motifs is 1. The summed E-state index contributed by atoms with van der Waals surface area (Å²) in [6, 6.07) is 7.17. The third-order valence-corrected chi connectivity index (χ3v) is 5.68. The predicted molar refractivity (Wildman–Crippen MR) is 113 cm³/mol. The molecule has 0 spiro atoms. The Labute approximate surface area is 187 Å². The Morgan fingerprint density at radius 1 is 1.15 bits per heavy atom. The summed E-state index contributed by atoms with van der Waals surface area (Å²) in [5, 5.41) is 6.38. The lowest BCUT2D eigenvalue weighted by molar-refractivity contribution is 0.0950. The van der Waals surface area contributed by atoms with Crippen molar-refractivity contribution in [1.82, 2.24) is 15.4 Å². The van der Waals surface area contributed by atoms with Crippen LogP contribution in [0.2, 0.25) is 0 Å². The van der Waals surface area contributed by atoms with Crippen LogP contribution in [0.15, 0.2) is 40.9 Å². The molecular formula is C23H21F3N4O3. The molecule has 4 rings (SSSR count). The predicted octanol–water partition coefficient (Wildman–Crippen LogP) is 4.46. The van der Waals surface area contributed by atoms with E-state index in [2.05, 4.69) is 10.5 Å². The van der Waals surface area contributed by atoms with Gasteiger partial charge < -0.3 is 14.7 Å². The van der Waals surface area contributed by atoms with Gasteiger partial charge in [-0.1, -0.05) is 11.2 Å². The van der Waals surface area contributed by atoms with Crippen molar-refractivity contribution in [1.29, 1.82) is 0 Å². The lowest BCUT2D eigenvalue weighted by atomic mass is 9.98. The highest BCUT2D eigenvalue weighted by atomic mass is 19.1. The van der Waals surface area contributed by atoms with Crippen molar-refractivity contribution < 1.29 is 27.3 Å². The summed E-state index contributed by atoms with van der Waals surface area (Å²) in [7, 11) is 1.68. The van der Waals surface area contributed by atoms with Gasteiger partial charge >= 0.3 is 6.03 Å². The zero-order chi connectivity index (χ0) is 23.9. The zero-order valence-corrected chi connectivity index (χ0v) is 18.2. The monoisotopic (exact) mass is 458 g/mol. The van der Waals surface area contributed by atoms with Crippen LogP contribution in [-0.2, 0) is 13.1 Å². The molecule has 10 heteroatoms. The van der Waals surface area contributed by atoms with E-state index in [9.17, 15) is 22.8 Å².